The number of rotatable bonds is 9. The summed E-state index contributed by atoms with van der Waals surface area (Å²) in [6, 6.07) is 3.37. The predicted molar refractivity (Wildman–Crippen MR) is 96.0 cm³/mol. The molecule has 0 radical (unpaired) electrons. The lowest BCUT2D eigenvalue weighted by molar-refractivity contribution is -0.123. The van der Waals surface area contributed by atoms with Crippen LogP contribution in [0.4, 0.5) is 0 Å². The van der Waals surface area contributed by atoms with Crippen molar-refractivity contribution in [2.45, 2.75) is 18.9 Å². The Labute approximate surface area is 153 Å². The molecule has 2 rings (SSSR count). The highest BCUT2D eigenvalue weighted by Crippen LogP contribution is 2.40. The van der Waals surface area contributed by atoms with Crippen LogP contribution in [0.25, 0.3) is 0 Å². The maximum absolute atomic E-state index is 11.2. The highest BCUT2D eigenvalue weighted by Gasteiger charge is 2.24. The fourth-order valence-electron chi connectivity index (χ4n) is 3.08. The monoisotopic (exact) mass is 368 g/mol. The van der Waals surface area contributed by atoms with Crippen LogP contribution in [0.5, 0.6) is 23.0 Å². The first kappa shape index (κ1) is 20.1. The van der Waals surface area contributed by atoms with E-state index in [1.165, 1.54) is 21.3 Å². The molecule has 0 aromatic heterocycles. The Bertz CT molecular complexity index is 576. The minimum atomic E-state index is -0.654. The molecular weight excluding hydrogens is 340 g/mol. The van der Waals surface area contributed by atoms with Crippen molar-refractivity contribution in [3.8, 4) is 23.0 Å². The molecule has 1 saturated heterocycles. The van der Waals surface area contributed by atoms with Gasteiger partial charge in [0.1, 0.15) is 18.5 Å². The van der Waals surface area contributed by atoms with E-state index in [2.05, 4.69) is 4.90 Å². The number of methoxy groups -OCH3 is 3. The minimum Gasteiger partial charge on any atom is -0.493 e. The molecule has 146 valence electrons. The number of likely N-dealkylation sites (tertiary alicyclic amines) is 1. The number of amides is 1. The number of benzene rings is 1. The summed E-state index contributed by atoms with van der Waals surface area (Å²) in [6.07, 6.45) is 0.810. The minimum absolute atomic E-state index is 0.0566. The van der Waals surface area contributed by atoms with Gasteiger partial charge < -0.3 is 34.7 Å². The fourth-order valence-corrected chi connectivity index (χ4v) is 3.08. The van der Waals surface area contributed by atoms with Gasteiger partial charge in [-0.15, -0.1) is 0 Å². The van der Waals surface area contributed by atoms with E-state index in [-0.39, 0.29) is 18.4 Å². The lowest BCUT2D eigenvalue weighted by atomic mass is 9.96. The number of aliphatic hydroxyl groups is 1. The highest BCUT2D eigenvalue weighted by atomic mass is 16.5. The van der Waals surface area contributed by atoms with E-state index in [9.17, 15) is 9.90 Å². The van der Waals surface area contributed by atoms with Crippen LogP contribution in [0.15, 0.2) is 12.1 Å². The summed E-state index contributed by atoms with van der Waals surface area (Å²) < 4.78 is 21.5. The molecule has 8 heteroatoms. The number of ether oxygens (including phenoxy) is 4. The van der Waals surface area contributed by atoms with Crippen LogP contribution < -0.4 is 24.7 Å². The van der Waals surface area contributed by atoms with Gasteiger partial charge in [-0.05, 0) is 25.9 Å². The van der Waals surface area contributed by atoms with E-state index < -0.39 is 6.10 Å². The van der Waals surface area contributed by atoms with Crippen molar-refractivity contribution in [1.29, 1.82) is 0 Å². The second kappa shape index (κ2) is 9.49. The number of carbonyl (C=O) groups is 1. The second-order valence-corrected chi connectivity index (χ2v) is 6.30. The van der Waals surface area contributed by atoms with E-state index in [1.54, 1.807) is 12.1 Å². The van der Waals surface area contributed by atoms with Gasteiger partial charge >= 0.3 is 0 Å². The molecule has 1 amide bonds. The first-order valence-corrected chi connectivity index (χ1v) is 8.61. The normalized spacial score (nSPS) is 16.8. The number of nitrogens with two attached hydrogens (primary N) is 1. The molecule has 26 heavy (non-hydrogen) atoms. The Morgan fingerprint density at radius 3 is 2.23 bits per heavy atom. The van der Waals surface area contributed by atoms with Crippen molar-refractivity contribution >= 4 is 5.91 Å². The van der Waals surface area contributed by atoms with Gasteiger partial charge in [-0.1, -0.05) is 0 Å². The molecule has 0 aliphatic carbocycles. The van der Waals surface area contributed by atoms with Crippen LogP contribution in [0.1, 0.15) is 12.8 Å². The van der Waals surface area contributed by atoms with Gasteiger partial charge in [0.2, 0.25) is 11.7 Å². The van der Waals surface area contributed by atoms with Gasteiger partial charge in [0.25, 0.3) is 0 Å². The fraction of sp³-hybridized carbons (Fsp3) is 0.611. The highest BCUT2D eigenvalue weighted by molar-refractivity contribution is 5.76. The van der Waals surface area contributed by atoms with E-state index in [1.807, 2.05) is 0 Å². The van der Waals surface area contributed by atoms with Gasteiger partial charge in [-0.25, -0.2) is 0 Å². The molecule has 1 aliphatic rings. The topological polar surface area (TPSA) is 103 Å². The number of piperidine rings is 1. The SMILES string of the molecule is COc1cc(OCC(O)CN2CCC(C(N)=O)CC2)cc(OC)c1OC. The number of aliphatic hydroxyl groups excluding tert-OH is 1. The van der Waals surface area contributed by atoms with Crippen molar-refractivity contribution in [2.24, 2.45) is 11.7 Å². The first-order chi connectivity index (χ1) is 12.5. The van der Waals surface area contributed by atoms with Crippen LogP contribution >= 0.6 is 0 Å². The summed E-state index contributed by atoms with van der Waals surface area (Å²) in [5.41, 5.74) is 5.34. The Balaban J connectivity index is 1.87. The van der Waals surface area contributed by atoms with Crippen molar-refractivity contribution < 1.29 is 28.8 Å². The van der Waals surface area contributed by atoms with Crippen molar-refractivity contribution in [3.63, 3.8) is 0 Å². The van der Waals surface area contributed by atoms with Crippen LogP contribution in [0, 0.1) is 5.92 Å². The molecule has 1 aromatic rings. The Kier molecular flexibility index (Phi) is 7.35. The van der Waals surface area contributed by atoms with E-state index in [4.69, 9.17) is 24.7 Å². The zero-order valence-electron chi connectivity index (χ0n) is 15.6. The predicted octanol–water partition coefficient (Wildman–Crippen LogP) is 0.649. The van der Waals surface area contributed by atoms with Crippen molar-refractivity contribution in [3.05, 3.63) is 12.1 Å². The van der Waals surface area contributed by atoms with Crippen LogP contribution in [0.2, 0.25) is 0 Å². The van der Waals surface area contributed by atoms with Gasteiger partial charge in [-0.2, -0.15) is 0 Å². The number of carbonyl (C=O) groups excluding carboxylic acids is 1. The molecular formula is C18H28N2O6. The zero-order chi connectivity index (χ0) is 19.1. The average molecular weight is 368 g/mol. The maximum atomic E-state index is 11.2. The summed E-state index contributed by atoms with van der Waals surface area (Å²) in [7, 11) is 4.60. The number of hydrogen-bond donors (Lipinski definition) is 2. The third-order valence-corrected chi connectivity index (χ3v) is 4.54. The Morgan fingerprint density at radius 1 is 1.19 bits per heavy atom. The molecule has 1 heterocycles. The van der Waals surface area contributed by atoms with Crippen molar-refractivity contribution in [2.75, 3.05) is 47.6 Å². The molecule has 0 spiro atoms. The van der Waals surface area contributed by atoms with E-state index in [0.29, 0.717) is 29.5 Å². The van der Waals surface area contributed by atoms with Crippen LogP contribution in [0.3, 0.4) is 0 Å². The molecule has 1 atom stereocenters. The van der Waals surface area contributed by atoms with E-state index >= 15 is 0 Å². The van der Waals surface area contributed by atoms with E-state index in [0.717, 1.165) is 25.9 Å². The third-order valence-electron chi connectivity index (χ3n) is 4.54. The average Bonchev–Trinajstić information content (AvgIpc) is 2.65. The molecule has 1 unspecified atom stereocenters. The third kappa shape index (κ3) is 5.15. The lowest BCUT2D eigenvalue weighted by Crippen LogP contribution is -2.43. The van der Waals surface area contributed by atoms with Gasteiger partial charge in [-0.3, -0.25) is 4.79 Å². The molecule has 3 N–H and O–H groups in total. The lowest BCUT2D eigenvalue weighted by Gasteiger charge is -2.31. The Morgan fingerprint density at radius 2 is 1.77 bits per heavy atom. The first-order valence-electron chi connectivity index (χ1n) is 8.61. The summed E-state index contributed by atoms with van der Waals surface area (Å²) >= 11 is 0. The molecule has 1 fully saturated rings. The smallest absolute Gasteiger partial charge is 0.220 e. The van der Waals surface area contributed by atoms with Gasteiger partial charge in [0, 0.05) is 24.6 Å². The number of hydrogen-bond acceptors (Lipinski definition) is 7. The largest absolute Gasteiger partial charge is 0.493 e. The molecule has 8 nitrogen and oxygen atoms in total. The molecule has 0 saturated carbocycles. The van der Waals surface area contributed by atoms with Gasteiger partial charge in [0.15, 0.2) is 11.5 Å². The number of β-amino-alcohol motifs (C(OH)–C–C–N with tert-alkyl or cyclic N) is 1. The number of primary amides is 1. The molecule has 1 aliphatic heterocycles. The Hall–Kier alpha value is -2.19. The summed E-state index contributed by atoms with van der Waals surface area (Å²) in [5, 5.41) is 10.2. The quantitative estimate of drug-likeness (QED) is 0.659. The van der Waals surface area contributed by atoms with Crippen LogP contribution in [-0.2, 0) is 4.79 Å². The summed E-state index contributed by atoms with van der Waals surface area (Å²) in [5.74, 6) is 1.69. The van der Waals surface area contributed by atoms with Crippen molar-refractivity contribution in [1.82, 2.24) is 4.90 Å². The maximum Gasteiger partial charge on any atom is 0.220 e. The van der Waals surface area contributed by atoms with Gasteiger partial charge in [0.05, 0.1) is 21.3 Å². The summed E-state index contributed by atoms with van der Waals surface area (Å²) in [6.45, 7) is 2.11. The zero-order valence-corrected chi connectivity index (χ0v) is 15.6. The standard InChI is InChI=1S/C18H28N2O6/c1-23-15-8-14(9-16(24-2)17(15)25-3)26-11-13(21)10-20-6-4-12(5-7-20)18(19)22/h8-9,12-13,21H,4-7,10-11H2,1-3H3,(H2,19,22). The molecule has 0 bridgehead atoms. The summed E-state index contributed by atoms with van der Waals surface area (Å²) in [4.78, 5) is 13.3. The van der Waals surface area contributed by atoms with Crippen LogP contribution in [-0.4, -0.2) is 69.6 Å². The second-order valence-electron chi connectivity index (χ2n) is 6.30. The number of nitrogens with zero attached hydrogens (tertiary/aromatic N) is 1. The molecule has 1 aromatic carbocycles.